The second-order valence-electron chi connectivity index (χ2n) is 10.4. The Morgan fingerprint density at radius 2 is 1.85 bits per heavy atom. The molecule has 0 spiro atoms. The fraction of sp³-hybridized carbons (Fsp3) is 0.176. The number of pyridine rings is 2. The van der Waals surface area contributed by atoms with Crippen LogP contribution in [0.4, 0.5) is 11.5 Å². The highest BCUT2D eigenvalue weighted by Crippen LogP contribution is 2.36. The Balaban J connectivity index is 1.24. The molecule has 3 heterocycles. The van der Waals surface area contributed by atoms with E-state index in [9.17, 15) is 14.4 Å². The number of likely N-dealkylation sites (N-methyl/N-ethyl adjacent to an activating group) is 1. The third-order valence-corrected chi connectivity index (χ3v) is 7.92. The lowest BCUT2D eigenvalue weighted by molar-refractivity contribution is -0.122. The fourth-order valence-corrected chi connectivity index (χ4v) is 5.32. The lowest BCUT2D eigenvalue weighted by Crippen LogP contribution is -2.37. The molecule has 3 amide bonds. The summed E-state index contributed by atoms with van der Waals surface area (Å²) in [6.07, 6.45) is 6.06. The van der Waals surface area contributed by atoms with E-state index in [1.165, 1.54) is 30.2 Å². The van der Waals surface area contributed by atoms with Gasteiger partial charge in [-0.1, -0.05) is 35.3 Å². The third kappa shape index (κ3) is 8.08. The number of imidazole rings is 1. The average molecular weight is 689 g/mol. The molecule has 0 saturated carbocycles. The summed E-state index contributed by atoms with van der Waals surface area (Å²) in [6.45, 7) is 1.54. The molecule has 12 nitrogen and oxygen atoms in total. The maximum atomic E-state index is 13.0. The largest absolute Gasteiger partial charge is 0.486 e. The number of benzene rings is 2. The van der Waals surface area contributed by atoms with Crippen LogP contribution in [0.15, 0.2) is 79.1 Å². The molecule has 0 unspecified atom stereocenters. The van der Waals surface area contributed by atoms with Gasteiger partial charge in [0, 0.05) is 43.0 Å². The quantitative estimate of drug-likeness (QED) is 0.163. The molecule has 0 aliphatic carbocycles. The van der Waals surface area contributed by atoms with Crippen molar-refractivity contribution >= 4 is 69.5 Å². The number of carbonyl (C=O) groups is 3. The number of amides is 3. The van der Waals surface area contributed by atoms with E-state index < -0.39 is 11.8 Å². The topological polar surface area (TPSA) is 141 Å². The molecule has 5 rings (SSSR count). The van der Waals surface area contributed by atoms with Crippen molar-refractivity contribution < 1.29 is 23.9 Å². The van der Waals surface area contributed by atoms with Gasteiger partial charge in [-0.25, -0.2) is 4.98 Å². The van der Waals surface area contributed by atoms with Crippen LogP contribution < -0.4 is 25.0 Å². The lowest BCUT2D eigenvalue weighted by atomic mass is 10.2. The first-order valence-electron chi connectivity index (χ1n) is 14.6. The number of ether oxygens (including phenoxy) is 2. The molecule has 2 aromatic carbocycles. The van der Waals surface area contributed by atoms with E-state index in [-0.39, 0.29) is 24.1 Å². The van der Waals surface area contributed by atoms with Crippen LogP contribution in [0.2, 0.25) is 10.0 Å². The summed E-state index contributed by atoms with van der Waals surface area (Å²) in [7, 11) is 3.10. The zero-order chi connectivity index (χ0) is 34.2. The zero-order valence-corrected chi connectivity index (χ0v) is 27.7. The number of hydrogen-bond donors (Lipinski definition) is 2. The van der Waals surface area contributed by atoms with E-state index >= 15 is 0 Å². The SMILES string of the molecule is COc1nc2c(OCc3c(Cl)ccc(N(C)C(=O)CNC(=O)/C=C/c4ccc(NC(C)=O)nc4)c3Cl)cccc2n1Cc1ccccn1. The van der Waals surface area contributed by atoms with Crippen molar-refractivity contribution in [3.63, 3.8) is 0 Å². The third-order valence-electron chi connectivity index (χ3n) is 7.14. The van der Waals surface area contributed by atoms with Gasteiger partial charge in [-0.15, -0.1) is 0 Å². The molecule has 0 fully saturated rings. The van der Waals surface area contributed by atoms with Gasteiger partial charge in [0.2, 0.25) is 17.7 Å². The summed E-state index contributed by atoms with van der Waals surface area (Å²) in [5.41, 5.74) is 3.72. The van der Waals surface area contributed by atoms with Gasteiger partial charge in [0.15, 0.2) is 0 Å². The smallest absolute Gasteiger partial charge is 0.297 e. The maximum Gasteiger partial charge on any atom is 0.297 e. The number of carbonyl (C=O) groups excluding carboxylic acids is 3. The van der Waals surface area contributed by atoms with Crippen molar-refractivity contribution in [1.29, 1.82) is 0 Å². The monoisotopic (exact) mass is 687 g/mol. The molecule has 0 saturated heterocycles. The number of methoxy groups -OCH3 is 1. The second kappa shape index (κ2) is 15.4. The minimum absolute atomic E-state index is 0.00967. The van der Waals surface area contributed by atoms with Gasteiger partial charge in [0.1, 0.15) is 23.7 Å². The highest BCUT2D eigenvalue weighted by molar-refractivity contribution is 6.38. The molecule has 0 aliphatic heterocycles. The Hall–Kier alpha value is -5.46. The molecule has 2 N–H and O–H groups in total. The van der Waals surface area contributed by atoms with Crippen LogP contribution in [0.1, 0.15) is 23.7 Å². The minimum Gasteiger partial charge on any atom is -0.486 e. The summed E-state index contributed by atoms with van der Waals surface area (Å²) < 4.78 is 13.6. The standard InChI is InChI=1S/C34H31Cl2N7O5/c1-21(44)40-29-14-10-22(17-38-29)11-15-30(45)39-18-31(46)42(2)26-13-12-25(35)24(32(26)36)20-48-28-9-6-8-27-33(28)41-34(47-3)43(27)19-23-7-4-5-16-37-23/h4-17H,18-20H2,1-3H3,(H,39,45)(H,38,40,44)/b15-11+. The van der Waals surface area contributed by atoms with Gasteiger partial charge >= 0.3 is 0 Å². The van der Waals surface area contributed by atoms with Gasteiger partial charge in [-0.3, -0.25) is 23.9 Å². The molecule has 48 heavy (non-hydrogen) atoms. The van der Waals surface area contributed by atoms with Crippen molar-refractivity contribution in [3.8, 4) is 11.8 Å². The Morgan fingerprint density at radius 1 is 1.02 bits per heavy atom. The number of halogens is 2. The van der Waals surface area contributed by atoms with Crippen molar-refractivity contribution in [2.75, 3.05) is 30.9 Å². The number of hydrogen-bond acceptors (Lipinski definition) is 8. The highest BCUT2D eigenvalue weighted by Gasteiger charge is 2.20. The fourth-order valence-electron chi connectivity index (χ4n) is 4.71. The predicted molar refractivity (Wildman–Crippen MR) is 184 cm³/mol. The Kier molecular flexibility index (Phi) is 10.9. The normalized spacial score (nSPS) is 11.0. The molecule has 0 bridgehead atoms. The zero-order valence-electron chi connectivity index (χ0n) is 26.2. The molecule has 0 radical (unpaired) electrons. The van der Waals surface area contributed by atoms with E-state index in [1.807, 2.05) is 34.9 Å². The molecule has 14 heteroatoms. The summed E-state index contributed by atoms with van der Waals surface area (Å²) in [5.74, 6) is -0.240. The Morgan fingerprint density at radius 3 is 2.56 bits per heavy atom. The van der Waals surface area contributed by atoms with Crippen molar-refractivity contribution in [3.05, 3.63) is 106 Å². The molecule has 0 atom stereocenters. The van der Waals surface area contributed by atoms with Crippen LogP contribution in [0, 0.1) is 0 Å². The van der Waals surface area contributed by atoms with Crippen LogP contribution in [0.5, 0.6) is 11.8 Å². The number of anilines is 2. The van der Waals surface area contributed by atoms with Crippen LogP contribution in [0.25, 0.3) is 17.1 Å². The summed E-state index contributed by atoms with van der Waals surface area (Å²) >= 11 is 13.3. The average Bonchev–Trinajstić information content (AvgIpc) is 3.44. The van der Waals surface area contributed by atoms with E-state index in [2.05, 4.69) is 25.6 Å². The number of aromatic nitrogens is 4. The Labute approximate surface area is 286 Å². The second-order valence-corrected chi connectivity index (χ2v) is 11.2. The summed E-state index contributed by atoms with van der Waals surface area (Å²) in [6, 6.07) is 18.2. The van der Waals surface area contributed by atoms with Crippen molar-refractivity contribution in [2.45, 2.75) is 20.1 Å². The molecule has 3 aromatic heterocycles. The molecular formula is C34H31Cl2N7O5. The molecule has 5 aromatic rings. The first kappa shape index (κ1) is 33.9. The van der Waals surface area contributed by atoms with Crippen molar-refractivity contribution in [2.24, 2.45) is 0 Å². The van der Waals surface area contributed by atoms with E-state index in [0.29, 0.717) is 51.5 Å². The van der Waals surface area contributed by atoms with Crippen molar-refractivity contribution in [1.82, 2.24) is 24.8 Å². The number of rotatable bonds is 12. The number of nitrogens with one attached hydrogen (secondary N) is 2. The van der Waals surface area contributed by atoms with Gasteiger partial charge in [0.25, 0.3) is 6.01 Å². The number of nitrogens with zero attached hydrogens (tertiary/aromatic N) is 5. The van der Waals surface area contributed by atoms with Gasteiger partial charge in [-0.05, 0) is 60.2 Å². The minimum atomic E-state index is -0.479. The first-order chi connectivity index (χ1) is 23.1. The summed E-state index contributed by atoms with van der Waals surface area (Å²) in [4.78, 5) is 51.0. The van der Waals surface area contributed by atoms with Gasteiger partial charge in [0.05, 0.1) is 42.1 Å². The Bertz CT molecular complexity index is 1980. The number of fused-ring (bicyclic) bond motifs is 1. The lowest BCUT2D eigenvalue weighted by Gasteiger charge is -2.21. The van der Waals surface area contributed by atoms with E-state index in [4.69, 9.17) is 32.7 Å². The molecule has 0 aliphatic rings. The van der Waals surface area contributed by atoms with E-state index in [1.54, 1.807) is 50.7 Å². The predicted octanol–water partition coefficient (Wildman–Crippen LogP) is 5.52. The molecule has 246 valence electrons. The van der Waals surface area contributed by atoms with E-state index in [0.717, 1.165) is 11.2 Å². The van der Waals surface area contributed by atoms with Crippen LogP contribution >= 0.6 is 23.2 Å². The summed E-state index contributed by atoms with van der Waals surface area (Å²) in [5, 5.41) is 5.71. The highest BCUT2D eigenvalue weighted by atomic mass is 35.5. The van der Waals surface area contributed by atoms with Gasteiger partial charge < -0.3 is 25.0 Å². The van der Waals surface area contributed by atoms with Gasteiger partial charge in [-0.2, -0.15) is 4.98 Å². The van der Waals surface area contributed by atoms with Crippen LogP contribution in [0.3, 0.4) is 0 Å². The van der Waals surface area contributed by atoms with Crippen LogP contribution in [-0.2, 0) is 27.5 Å². The first-order valence-corrected chi connectivity index (χ1v) is 15.4. The maximum absolute atomic E-state index is 13.0. The number of para-hydroxylation sites is 1. The molecular weight excluding hydrogens is 657 g/mol. The van der Waals surface area contributed by atoms with Crippen LogP contribution in [-0.4, -0.2) is 57.9 Å².